The van der Waals surface area contributed by atoms with Crippen LogP contribution in [0.25, 0.3) is 21.3 Å². The van der Waals surface area contributed by atoms with E-state index in [-0.39, 0.29) is 17.9 Å². The molecule has 0 aliphatic carbocycles. The number of carbonyl (C=O) groups is 1. The number of Topliss-reactive ketones (excluding diaryl/α,β-unsaturated/α-hetero) is 1. The molecule has 0 N–H and O–H groups in total. The number of carbonyl (C=O) groups excluding carboxylic acids is 1. The zero-order valence-corrected chi connectivity index (χ0v) is 16.4. The third kappa shape index (κ3) is 3.37. The molecule has 0 aliphatic rings. The molecule has 2 heterocycles. The highest BCUT2D eigenvalue weighted by Crippen LogP contribution is 2.35. The summed E-state index contributed by atoms with van der Waals surface area (Å²) < 4.78 is 14.4. The Bertz CT molecular complexity index is 1240. The third-order valence-electron chi connectivity index (χ3n) is 4.47. The van der Waals surface area contributed by atoms with Gasteiger partial charge in [-0.05, 0) is 48.9 Å². The van der Waals surface area contributed by atoms with E-state index in [0.29, 0.717) is 20.8 Å². The van der Waals surface area contributed by atoms with E-state index in [4.69, 9.17) is 11.6 Å². The van der Waals surface area contributed by atoms with Gasteiger partial charge in [0.2, 0.25) is 0 Å². The van der Waals surface area contributed by atoms with Gasteiger partial charge in [-0.15, -0.1) is 11.3 Å². The number of thiophene rings is 1. The minimum absolute atomic E-state index is 0.164. The number of halogens is 2. The van der Waals surface area contributed by atoms with E-state index in [1.165, 1.54) is 46.5 Å². The van der Waals surface area contributed by atoms with Gasteiger partial charge in [0, 0.05) is 21.0 Å². The first-order chi connectivity index (χ1) is 13.4. The Morgan fingerprint density at radius 1 is 1.14 bits per heavy atom. The first-order valence-corrected chi connectivity index (χ1v) is 9.67. The van der Waals surface area contributed by atoms with Crippen LogP contribution in [-0.2, 0) is 6.54 Å². The fourth-order valence-electron chi connectivity index (χ4n) is 3.10. The van der Waals surface area contributed by atoms with Gasteiger partial charge in [-0.1, -0.05) is 23.7 Å². The number of aryl methyl sites for hydroxylation is 1. The highest BCUT2D eigenvalue weighted by molar-refractivity contribution is 7.19. The number of nitrogens with zero attached hydrogens (tertiary/aromatic N) is 2. The molecule has 0 saturated heterocycles. The van der Waals surface area contributed by atoms with Crippen molar-refractivity contribution in [2.45, 2.75) is 13.5 Å². The summed E-state index contributed by atoms with van der Waals surface area (Å²) in [6.45, 7) is 1.77. The minimum atomic E-state index is -0.418. The Morgan fingerprint density at radius 3 is 2.50 bits per heavy atom. The minimum Gasteiger partial charge on any atom is -0.292 e. The number of hydrogen-bond acceptors (Lipinski definition) is 4. The summed E-state index contributed by atoms with van der Waals surface area (Å²) in [7, 11) is 0. The molecule has 4 aromatic rings. The van der Waals surface area contributed by atoms with Gasteiger partial charge in [-0.2, -0.15) is 0 Å². The summed E-state index contributed by atoms with van der Waals surface area (Å²) in [5.74, 6) is -0.707. The molecular formula is C21H14ClFN2O2S. The second kappa shape index (κ2) is 7.30. The molecule has 4 rings (SSSR count). The van der Waals surface area contributed by atoms with Gasteiger partial charge in [0.1, 0.15) is 10.6 Å². The normalized spacial score (nSPS) is 11.1. The maximum atomic E-state index is 13.1. The molecule has 0 radical (unpaired) electrons. The summed E-state index contributed by atoms with van der Waals surface area (Å²) >= 11 is 7.41. The van der Waals surface area contributed by atoms with Crippen molar-refractivity contribution in [3.63, 3.8) is 0 Å². The Morgan fingerprint density at radius 2 is 1.82 bits per heavy atom. The molecule has 28 heavy (non-hydrogen) atoms. The first-order valence-electron chi connectivity index (χ1n) is 8.47. The van der Waals surface area contributed by atoms with Crippen LogP contribution in [0.1, 0.15) is 15.2 Å². The topological polar surface area (TPSA) is 52.0 Å². The molecule has 0 unspecified atom stereocenters. The largest absolute Gasteiger partial charge is 0.292 e. The standard InChI is InChI=1S/C21H14ClFN2O2S/c1-12-18(14-2-6-15(22)7-3-14)19-20(28-12)24-11-25(21(19)27)10-17(26)13-4-8-16(23)9-5-13/h2-9,11H,10H2,1H3. The molecule has 2 aromatic carbocycles. The smallest absolute Gasteiger partial charge is 0.263 e. The molecule has 0 fully saturated rings. The molecule has 2 aromatic heterocycles. The zero-order valence-electron chi connectivity index (χ0n) is 14.8. The van der Waals surface area contributed by atoms with E-state index in [9.17, 15) is 14.0 Å². The SMILES string of the molecule is Cc1sc2ncn(CC(=O)c3ccc(F)cc3)c(=O)c2c1-c1ccc(Cl)cc1. The maximum Gasteiger partial charge on any atom is 0.263 e. The van der Waals surface area contributed by atoms with Crippen LogP contribution >= 0.6 is 22.9 Å². The summed E-state index contributed by atoms with van der Waals surface area (Å²) in [6.07, 6.45) is 1.38. The predicted octanol–water partition coefficient (Wildman–Crippen LogP) is 5.11. The van der Waals surface area contributed by atoms with Gasteiger partial charge in [-0.25, -0.2) is 9.37 Å². The van der Waals surface area contributed by atoms with Crippen LogP contribution in [0.2, 0.25) is 5.02 Å². The van der Waals surface area contributed by atoms with Crippen molar-refractivity contribution in [2.24, 2.45) is 0 Å². The van der Waals surface area contributed by atoms with Crippen LogP contribution in [-0.4, -0.2) is 15.3 Å². The fraction of sp³-hybridized carbons (Fsp3) is 0.0952. The van der Waals surface area contributed by atoms with Crippen molar-refractivity contribution in [1.82, 2.24) is 9.55 Å². The molecule has 0 atom stereocenters. The molecule has 0 bridgehead atoms. The van der Waals surface area contributed by atoms with E-state index >= 15 is 0 Å². The average Bonchev–Trinajstić information content (AvgIpc) is 3.02. The third-order valence-corrected chi connectivity index (χ3v) is 5.73. The highest BCUT2D eigenvalue weighted by atomic mass is 35.5. The highest BCUT2D eigenvalue weighted by Gasteiger charge is 2.18. The number of hydrogen-bond donors (Lipinski definition) is 0. The summed E-state index contributed by atoms with van der Waals surface area (Å²) in [5, 5.41) is 1.10. The quantitative estimate of drug-likeness (QED) is 0.438. The van der Waals surface area contributed by atoms with Crippen LogP contribution in [0.5, 0.6) is 0 Å². The second-order valence-corrected chi connectivity index (χ2v) is 7.97. The lowest BCUT2D eigenvalue weighted by atomic mass is 10.0. The predicted molar refractivity (Wildman–Crippen MR) is 110 cm³/mol. The molecular weight excluding hydrogens is 399 g/mol. The number of ketones is 1. The summed E-state index contributed by atoms with van der Waals surface area (Å²) in [5.41, 5.74) is 1.73. The second-order valence-electron chi connectivity index (χ2n) is 6.33. The van der Waals surface area contributed by atoms with Crippen LogP contribution in [0.4, 0.5) is 4.39 Å². The molecule has 0 spiro atoms. The van der Waals surface area contributed by atoms with E-state index in [2.05, 4.69) is 4.98 Å². The number of rotatable bonds is 4. The molecule has 0 amide bonds. The van der Waals surface area contributed by atoms with Gasteiger partial charge in [0.05, 0.1) is 18.3 Å². The van der Waals surface area contributed by atoms with Crippen LogP contribution in [0.3, 0.4) is 0 Å². The van der Waals surface area contributed by atoms with E-state index in [1.54, 1.807) is 12.1 Å². The lowest BCUT2D eigenvalue weighted by Crippen LogP contribution is -2.24. The fourth-order valence-corrected chi connectivity index (χ4v) is 4.23. The van der Waals surface area contributed by atoms with Crippen molar-refractivity contribution in [3.8, 4) is 11.1 Å². The van der Waals surface area contributed by atoms with Crippen molar-refractivity contribution in [2.75, 3.05) is 0 Å². The zero-order chi connectivity index (χ0) is 19.8. The van der Waals surface area contributed by atoms with Crippen molar-refractivity contribution in [3.05, 3.63) is 86.5 Å². The maximum absolute atomic E-state index is 13.1. The Labute approximate surface area is 168 Å². The van der Waals surface area contributed by atoms with Crippen LogP contribution in [0.15, 0.2) is 59.7 Å². The summed E-state index contributed by atoms with van der Waals surface area (Å²) in [6, 6.07) is 12.5. The van der Waals surface area contributed by atoms with E-state index in [1.807, 2.05) is 19.1 Å². The van der Waals surface area contributed by atoms with E-state index < -0.39 is 5.82 Å². The van der Waals surface area contributed by atoms with Gasteiger partial charge < -0.3 is 0 Å². The number of aromatic nitrogens is 2. The van der Waals surface area contributed by atoms with Gasteiger partial charge in [-0.3, -0.25) is 14.2 Å². The van der Waals surface area contributed by atoms with Gasteiger partial charge >= 0.3 is 0 Å². The Kier molecular flexibility index (Phi) is 4.83. The number of fused-ring (bicyclic) bond motifs is 1. The average molecular weight is 413 g/mol. The molecule has 4 nitrogen and oxygen atoms in total. The number of benzene rings is 2. The monoisotopic (exact) mass is 412 g/mol. The molecule has 7 heteroatoms. The summed E-state index contributed by atoms with van der Waals surface area (Å²) in [4.78, 5) is 31.6. The van der Waals surface area contributed by atoms with E-state index in [0.717, 1.165) is 16.0 Å². The molecule has 0 saturated carbocycles. The van der Waals surface area contributed by atoms with Crippen molar-refractivity contribution >= 4 is 38.9 Å². The van der Waals surface area contributed by atoms with Gasteiger partial charge in [0.25, 0.3) is 5.56 Å². The van der Waals surface area contributed by atoms with Gasteiger partial charge in [0.15, 0.2) is 5.78 Å². The van der Waals surface area contributed by atoms with Crippen molar-refractivity contribution < 1.29 is 9.18 Å². The lowest BCUT2D eigenvalue weighted by molar-refractivity contribution is 0.0970. The lowest BCUT2D eigenvalue weighted by Gasteiger charge is -2.06. The van der Waals surface area contributed by atoms with Crippen molar-refractivity contribution in [1.29, 1.82) is 0 Å². The first kappa shape index (κ1) is 18.5. The van der Waals surface area contributed by atoms with Crippen LogP contribution < -0.4 is 5.56 Å². The Hall–Kier alpha value is -2.83. The Balaban J connectivity index is 1.79. The molecule has 0 aliphatic heterocycles. The van der Waals surface area contributed by atoms with Crippen LogP contribution in [0, 0.1) is 12.7 Å². The molecule has 140 valence electrons.